The van der Waals surface area contributed by atoms with Crippen molar-refractivity contribution in [2.75, 3.05) is 80.3 Å². The SMILES string of the molecule is COC(=O)c1cc2ccccc2c2c1OCCOCCOCCOCCOCCOc1c(C(=O)OC)cc3ccccc3c1-2. The van der Waals surface area contributed by atoms with E-state index in [1.807, 2.05) is 48.5 Å². The monoisotopic (exact) mass is 604 g/mol. The van der Waals surface area contributed by atoms with Crippen LogP contribution in [-0.4, -0.2) is 92.2 Å². The van der Waals surface area contributed by atoms with Gasteiger partial charge in [0, 0.05) is 11.1 Å². The van der Waals surface area contributed by atoms with E-state index in [0.29, 0.717) is 50.8 Å². The van der Waals surface area contributed by atoms with Crippen LogP contribution in [0.25, 0.3) is 32.7 Å². The smallest absolute Gasteiger partial charge is 0.341 e. The maximum Gasteiger partial charge on any atom is 0.341 e. The second kappa shape index (κ2) is 15.5. The fourth-order valence-corrected chi connectivity index (χ4v) is 5.14. The van der Waals surface area contributed by atoms with Gasteiger partial charge in [-0.1, -0.05) is 48.5 Å². The molecule has 0 atom stereocenters. The molecule has 232 valence electrons. The Bertz CT molecular complexity index is 1480. The minimum atomic E-state index is -0.567. The number of rotatable bonds is 2. The van der Waals surface area contributed by atoms with Crippen molar-refractivity contribution in [3.05, 3.63) is 71.8 Å². The molecule has 5 rings (SSSR count). The molecule has 1 heterocycles. The Morgan fingerprint density at radius 3 is 1.23 bits per heavy atom. The van der Waals surface area contributed by atoms with Gasteiger partial charge in [0.25, 0.3) is 0 Å². The zero-order chi connectivity index (χ0) is 30.7. The second-order valence-corrected chi connectivity index (χ2v) is 9.83. The van der Waals surface area contributed by atoms with Gasteiger partial charge in [-0.25, -0.2) is 9.59 Å². The number of carbonyl (C=O) groups excluding carboxylic acids is 2. The summed E-state index contributed by atoms with van der Waals surface area (Å²) in [7, 11) is 2.65. The van der Waals surface area contributed by atoms with Crippen molar-refractivity contribution in [3.8, 4) is 22.6 Å². The summed E-state index contributed by atoms with van der Waals surface area (Å²) in [4.78, 5) is 26.5. The predicted molar refractivity (Wildman–Crippen MR) is 164 cm³/mol. The molecular formula is C34H36O10. The molecular weight excluding hydrogens is 568 g/mol. The molecule has 0 aliphatic carbocycles. The Labute approximate surface area is 255 Å². The van der Waals surface area contributed by atoms with Crippen molar-refractivity contribution < 1.29 is 47.5 Å². The number of fused-ring (bicyclic) bond motifs is 7. The van der Waals surface area contributed by atoms with Gasteiger partial charge in [-0.05, 0) is 33.7 Å². The van der Waals surface area contributed by atoms with Crippen LogP contribution < -0.4 is 9.47 Å². The standard InChI is InChI=1S/C34H36O10/c1-37-33(35)27-21-23-7-3-5-9-25(23)29-30-26-10-6-4-8-24(26)22-28(34(36)38-2)32(30)44-20-18-42-16-14-40-12-11-39-13-15-41-17-19-43-31(27)29/h3-10,21-22H,11-20H2,1-2H3. The predicted octanol–water partition coefficient (Wildman–Crippen LogP) is 5.07. The van der Waals surface area contributed by atoms with Crippen LogP contribution in [0.1, 0.15) is 20.7 Å². The number of esters is 2. The van der Waals surface area contributed by atoms with Crippen LogP contribution in [-0.2, 0) is 28.4 Å². The number of hydrogen-bond donors (Lipinski definition) is 0. The first kappa shape index (κ1) is 31.2. The minimum absolute atomic E-state index is 0.136. The van der Waals surface area contributed by atoms with E-state index in [9.17, 15) is 9.59 Å². The van der Waals surface area contributed by atoms with Gasteiger partial charge in [-0.15, -0.1) is 0 Å². The molecule has 1 aliphatic rings. The first-order chi connectivity index (χ1) is 21.6. The Morgan fingerprint density at radius 1 is 0.523 bits per heavy atom. The third-order valence-corrected chi connectivity index (χ3v) is 7.13. The average Bonchev–Trinajstić information content (AvgIpc) is 3.06. The summed E-state index contributed by atoms with van der Waals surface area (Å²) >= 11 is 0. The molecule has 10 nitrogen and oxygen atoms in total. The highest BCUT2D eigenvalue weighted by Gasteiger charge is 2.28. The van der Waals surface area contributed by atoms with Crippen LogP contribution in [0.4, 0.5) is 0 Å². The third kappa shape index (κ3) is 7.11. The third-order valence-electron chi connectivity index (χ3n) is 7.13. The summed E-state index contributed by atoms with van der Waals surface area (Å²) in [6, 6.07) is 18.8. The van der Waals surface area contributed by atoms with Crippen LogP contribution in [0.5, 0.6) is 11.5 Å². The molecule has 0 amide bonds. The van der Waals surface area contributed by atoms with E-state index in [-0.39, 0.29) is 49.1 Å². The molecule has 4 aromatic rings. The van der Waals surface area contributed by atoms with Crippen LogP contribution in [0, 0.1) is 0 Å². The van der Waals surface area contributed by atoms with E-state index in [1.54, 1.807) is 12.1 Å². The molecule has 1 aliphatic heterocycles. The van der Waals surface area contributed by atoms with Gasteiger partial charge in [0.05, 0.1) is 67.1 Å². The molecule has 0 unspecified atom stereocenters. The van der Waals surface area contributed by atoms with E-state index in [4.69, 9.17) is 37.9 Å². The van der Waals surface area contributed by atoms with Crippen molar-refractivity contribution in [1.29, 1.82) is 0 Å². The molecule has 0 aromatic heterocycles. The number of hydrogen-bond acceptors (Lipinski definition) is 10. The van der Waals surface area contributed by atoms with E-state index < -0.39 is 11.9 Å². The highest BCUT2D eigenvalue weighted by Crippen LogP contribution is 2.48. The van der Waals surface area contributed by atoms with Gasteiger partial charge >= 0.3 is 11.9 Å². The van der Waals surface area contributed by atoms with Gasteiger partial charge in [-0.2, -0.15) is 0 Å². The fraction of sp³-hybridized carbons (Fsp3) is 0.353. The quantitative estimate of drug-likeness (QED) is 0.288. The molecule has 0 N–H and O–H groups in total. The maximum absolute atomic E-state index is 13.2. The summed E-state index contributed by atoms with van der Waals surface area (Å²) in [5.74, 6) is -0.560. The second-order valence-electron chi connectivity index (χ2n) is 9.83. The van der Waals surface area contributed by atoms with Crippen LogP contribution in [0.3, 0.4) is 0 Å². The lowest BCUT2D eigenvalue weighted by atomic mass is 9.88. The molecule has 0 fully saturated rings. The molecule has 0 spiro atoms. The van der Waals surface area contributed by atoms with E-state index >= 15 is 0 Å². The van der Waals surface area contributed by atoms with Gasteiger partial charge in [0.1, 0.15) is 35.8 Å². The summed E-state index contributed by atoms with van der Waals surface area (Å²) in [6.07, 6.45) is 0. The topological polar surface area (TPSA) is 108 Å². The molecule has 44 heavy (non-hydrogen) atoms. The van der Waals surface area contributed by atoms with Crippen LogP contribution >= 0.6 is 0 Å². The highest BCUT2D eigenvalue weighted by molar-refractivity contribution is 6.15. The Hall–Kier alpha value is -4.22. The van der Waals surface area contributed by atoms with Gasteiger partial charge in [0.15, 0.2) is 0 Å². The largest absolute Gasteiger partial charge is 0.490 e. The minimum Gasteiger partial charge on any atom is -0.490 e. The van der Waals surface area contributed by atoms with E-state index in [1.165, 1.54) is 14.2 Å². The zero-order valence-corrected chi connectivity index (χ0v) is 24.9. The van der Waals surface area contributed by atoms with E-state index in [2.05, 4.69) is 0 Å². The Balaban J connectivity index is 1.76. The van der Waals surface area contributed by atoms with Crippen molar-refractivity contribution in [2.45, 2.75) is 0 Å². The van der Waals surface area contributed by atoms with Crippen molar-refractivity contribution in [2.24, 2.45) is 0 Å². The van der Waals surface area contributed by atoms with Crippen LogP contribution in [0.15, 0.2) is 60.7 Å². The average molecular weight is 605 g/mol. The van der Waals surface area contributed by atoms with Gasteiger partial charge in [-0.3, -0.25) is 0 Å². The summed E-state index contributed by atoms with van der Waals surface area (Å²) in [6.45, 7) is 3.18. The lowest BCUT2D eigenvalue weighted by Crippen LogP contribution is -2.17. The summed E-state index contributed by atoms with van der Waals surface area (Å²) < 4.78 is 45.7. The molecule has 0 radical (unpaired) electrons. The first-order valence-electron chi connectivity index (χ1n) is 14.5. The number of ether oxygens (including phenoxy) is 8. The summed E-state index contributed by atoms with van der Waals surface area (Å²) in [5.41, 5.74) is 1.61. The van der Waals surface area contributed by atoms with Crippen molar-refractivity contribution >= 4 is 33.5 Å². The zero-order valence-electron chi connectivity index (χ0n) is 24.9. The fourth-order valence-electron chi connectivity index (χ4n) is 5.14. The molecule has 4 aromatic carbocycles. The van der Waals surface area contributed by atoms with Gasteiger partial charge in [0.2, 0.25) is 0 Å². The maximum atomic E-state index is 13.2. The van der Waals surface area contributed by atoms with Crippen molar-refractivity contribution in [1.82, 2.24) is 0 Å². The Morgan fingerprint density at radius 2 is 0.864 bits per heavy atom. The highest BCUT2D eigenvalue weighted by atomic mass is 16.6. The molecule has 10 heteroatoms. The number of carbonyl (C=O) groups is 2. The first-order valence-corrected chi connectivity index (χ1v) is 14.5. The lowest BCUT2D eigenvalue weighted by Gasteiger charge is -2.23. The van der Waals surface area contributed by atoms with Gasteiger partial charge < -0.3 is 37.9 Å². The normalized spacial score (nSPS) is 15.7. The van der Waals surface area contributed by atoms with Crippen molar-refractivity contribution in [3.63, 3.8) is 0 Å². The number of methoxy groups -OCH3 is 2. The Kier molecular flexibility index (Phi) is 11.0. The summed E-state index contributed by atoms with van der Waals surface area (Å²) in [5, 5.41) is 3.13. The lowest BCUT2D eigenvalue weighted by molar-refractivity contribution is -0.00711. The van der Waals surface area contributed by atoms with E-state index in [0.717, 1.165) is 21.5 Å². The molecule has 0 saturated heterocycles. The molecule has 0 saturated carbocycles. The molecule has 0 bridgehead atoms. The number of benzene rings is 4. The van der Waals surface area contributed by atoms with Crippen LogP contribution in [0.2, 0.25) is 0 Å².